The summed E-state index contributed by atoms with van der Waals surface area (Å²) in [5.74, 6) is -7.51. The van der Waals surface area contributed by atoms with Crippen molar-refractivity contribution in [3.8, 4) is 11.4 Å². The smallest absolute Gasteiger partial charge is 0.493 e. The third-order valence-corrected chi connectivity index (χ3v) is 10.7. The van der Waals surface area contributed by atoms with E-state index in [1.807, 2.05) is 0 Å². The minimum atomic E-state index is -4.89. The van der Waals surface area contributed by atoms with Gasteiger partial charge in [-0.15, -0.1) is 0 Å². The van der Waals surface area contributed by atoms with Crippen LogP contribution < -0.4 is 0 Å². The molecule has 0 saturated carbocycles. The number of hydrogen-bond donors (Lipinski definition) is 6. The van der Waals surface area contributed by atoms with Crippen LogP contribution >= 0.6 is 31.3 Å². The third kappa shape index (κ3) is 13.6. The fourth-order valence-electron chi connectivity index (χ4n) is 4.33. The third-order valence-electron chi connectivity index (χ3n) is 7.27. The average Bonchev–Trinajstić information content (AvgIpc) is 3.22. The molecule has 2 aromatic heterocycles. The molecule has 6 N–H and O–H groups in total. The molecule has 30 heteroatoms. The van der Waals surface area contributed by atoms with E-state index in [1.165, 1.54) is 24.3 Å². The Morgan fingerprint density at radius 2 is 0.710 bits per heavy atom. The van der Waals surface area contributed by atoms with Crippen molar-refractivity contribution in [2.45, 2.75) is 0 Å². The highest BCUT2D eigenvalue weighted by atomic mass is 31.2. The lowest BCUT2D eigenvalue weighted by Crippen LogP contribution is -2.09. The number of carbonyl (C=O) groups is 4. The number of aliphatic hydroxyl groups excluding tert-OH is 2. The maximum atomic E-state index is 12.6. The van der Waals surface area contributed by atoms with Gasteiger partial charge in [-0.25, -0.2) is 47.4 Å². The fourth-order valence-corrected chi connectivity index (χ4v) is 5.89. The number of aliphatic imine (C=N–C) groups is 2. The van der Waals surface area contributed by atoms with E-state index in [0.29, 0.717) is 0 Å². The van der Waals surface area contributed by atoms with E-state index < -0.39 is 89.2 Å². The SMILES string of the molecule is COP(=O)(O)OC(=O)c1cc(N=C(O)c2ccc(-c3ccc(C(O)=Nc4cc(C(=O)OP(=O)(O)OC)cc(C(=O)OP(=O)(O)OC)c4)cn3)nc2)cc(C(=O)OP(=O)(O)OC)c1. The zero-order chi connectivity index (χ0) is 46.2. The first-order valence-electron chi connectivity index (χ1n) is 16.2. The summed E-state index contributed by atoms with van der Waals surface area (Å²) in [6, 6.07) is 10.6. The van der Waals surface area contributed by atoms with Crippen LogP contribution in [0.25, 0.3) is 11.4 Å². The van der Waals surface area contributed by atoms with Gasteiger partial charge in [0.1, 0.15) is 0 Å². The predicted molar refractivity (Wildman–Crippen MR) is 207 cm³/mol. The van der Waals surface area contributed by atoms with Gasteiger partial charge in [0.15, 0.2) is 0 Å². The number of pyridine rings is 2. The zero-order valence-electron chi connectivity index (χ0n) is 31.7. The van der Waals surface area contributed by atoms with Crippen molar-refractivity contribution in [1.82, 2.24) is 9.97 Å². The lowest BCUT2D eigenvalue weighted by Gasteiger charge is -2.12. The van der Waals surface area contributed by atoms with Crippen LogP contribution in [0.2, 0.25) is 0 Å². The standard InChI is InChI=1S/C32H30N4O22P4/c1-51-59(43,44)55-29(39)19-9-20(30(40)56-60(45,46)52-2)12-23(11-19)35-27(37)17-5-7-25(33-15-17)26-8-6-18(16-34-26)28(38)36-24-13-21(31(41)57-61(47,48)53-3)10-22(14-24)32(42)58-62(49,50)54-4/h5-16H,1-4H3,(H,35,37)(H,36,38)(H,43,44)(H,45,46)(H,47,48)(H,49,50). The molecular formula is C32H30N4O22P4. The van der Waals surface area contributed by atoms with E-state index in [0.717, 1.165) is 77.2 Å². The maximum absolute atomic E-state index is 12.6. The monoisotopic (exact) mass is 946 g/mol. The highest BCUT2D eigenvalue weighted by molar-refractivity contribution is 7.48. The molecule has 4 rings (SSSR count). The van der Waals surface area contributed by atoms with Gasteiger partial charge in [-0.3, -0.25) is 47.6 Å². The molecule has 0 aliphatic rings. The summed E-state index contributed by atoms with van der Waals surface area (Å²) in [5, 5.41) is 21.6. The van der Waals surface area contributed by atoms with Gasteiger partial charge in [0.25, 0.3) is 0 Å². The number of aromatic nitrogens is 2. The van der Waals surface area contributed by atoms with Crippen LogP contribution in [0.3, 0.4) is 0 Å². The topological polar surface area (TPSA) is 382 Å². The Morgan fingerprint density at radius 1 is 0.452 bits per heavy atom. The Labute approximate surface area is 347 Å². The number of carbonyl (C=O) groups excluding carboxylic acids is 4. The fraction of sp³-hybridized carbons (Fsp3) is 0.125. The summed E-state index contributed by atoms with van der Waals surface area (Å²) >= 11 is 0. The van der Waals surface area contributed by atoms with E-state index in [2.05, 4.69) is 56.1 Å². The first-order chi connectivity index (χ1) is 28.9. The van der Waals surface area contributed by atoms with Crippen molar-refractivity contribution in [2.24, 2.45) is 9.98 Å². The Kier molecular flexibility index (Phi) is 15.7. The molecule has 2 aromatic carbocycles. The molecule has 4 atom stereocenters. The molecule has 0 bridgehead atoms. The molecule has 0 spiro atoms. The number of nitrogens with zero attached hydrogens (tertiary/aromatic N) is 4. The van der Waals surface area contributed by atoms with E-state index >= 15 is 0 Å². The second-order valence-corrected chi connectivity index (χ2v) is 17.3. The van der Waals surface area contributed by atoms with Crippen LogP contribution in [-0.4, -0.2) is 104 Å². The van der Waals surface area contributed by atoms with Gasteiger partial charge in [-0.1, -0.05) is 0 Å². The Bertz CT molecular complexity index is 2360. The van der Waals surface area contributed by atoms with E-state index in [-0.39, 0.29) is 33.9 Å². The van der Waals surface area contributed by atoms with Crippen molar-refractivity contribution in [2.75, 3.05) is 28.4 Å². The van der Waals surface area contributed by atoms with Crippen LogP contribution in [0, 0.1) is 0 Å². The van der Waals surface area contributed by atoms with Crippen LogP contribution in [0.4, 0.5) is 11.4 Å². The number of phosphoric ester groups is 4. The van der Waals surface area contributed by atoms with Crippen molar-refractivity contribution in [3.05, 3.63) is 106 Å². The van der Waals surface area contributed by atoms with Gasteiger partial charge < -0.3 is 28.3 Å². The predicted octanol–water partition coefficient (Wildman–Crippen LogP) is 5.03. The number of rotatable bonds is 17. The van der Waals surface area contributed by atoms with Crippen LogP contribution in [0.5, 0.6) is 0 Å². The molecule has 330 valence electrons. The maximum Gasteiger partial charge on any atom is 0.529 e. The number of aliphatic hydroxyl groups is 2. The molecule has 0 aliphatic heterocycles. The summed E-state index contributed by atoms with van der Waals surface area (Å²) in [6.45, 7) is 0. The summed E-state index contributed by atoms with van der Waals surface area (Å²) < 4.78 is 81.6. The molecular weight excluding hydrogens is 916 g/mol. The number of hydrogen-bond acceptors (Lipinski definition) is 20. The molecule has 62 heavy (non-hydrogen) atoms. The van der Waals surface area contributed by atoms with Gasteiger partial charge in [0.2, 0.25) is 11.8 Å². The second kappa shape index (κ2) is 19.9. The Hall–Kier alpha value is -5.84. The van der Waals surface area contributed by atoms with Gasteiger partial charge in [-0.2, -0.15) is 0 Å². The number of phosphoric acid groups is 4. The van der Waals surface area contributed by atoms with E-state index in [4.69, 9.17) is 0 Å². The molecule has 4 aromatic rings. The largest absolute Gasteiger partial charge is 0.529 e. The lowest BCUT2D eigenvalue weighted by atomic mass is 10.1. The minimum absolute atomic E-state index is 0.0480. The molecule has 0 amide bonds. The van der Waals surface area contributed by atoms with Crippen LogP contribution in [0.1, 0.15) is 52.6 Å². The van der Waals surface area contributed by atoms with E-state index in [9.17, 15) is 67.2 Å². The molecule has 0 fully saturated rings. The first-order valence-corrected chi connectivity index (χ1v) is 22.2. The van der Waals surface area contributed by atoms with Crippen molar-refractivity contribution in [1.29, 1.82) is 0 Å². The minimum Gasteiger partial charge on any atom is -0.493 e. The van der Waals surface area contributed by atoms with Crippen LogP contribution in [0.15, 0.2) is 83.0 Å². The normalized spacial score (nSPS) is 15.7. The average molecular weight is 946 g/mol. The van der Waals surface area contributed by atoms with E-state index in [1.54, 1.807) is 0 Å². The summed E-state index contributed by atoms with van der Waals surface area (Å²) in [6.07, 6.45) is 2.25. The van der Waals surface area contributed by atoms with Gasteiger partial charge >= 0.3 is 55.2 Å². The second-order valence-electron chi connectivity index (χ2n) is 11.4. The highest BCUT2D eigenvalue weighted by Gasteiger charge is 2.31. The summed E-state index contributed by atoms with van der Waals surface area (Å²) in [7, 11) is -16.5. The number of benzene rings is 2. The molecule has 2 heterocycles. The first kappa shape index (κ1) is 48.8. The molecule has 0 saturated heterocycles. The van der Waals surface area contributed by atoms with Gasteiger partial charge in [0, 0.05) is 40.8 Å². The Balaban J connectivity index is 1.61. The highest BCUT2D eigenvalue weighted by Crippen LogP contribution is 2.46. The van der Waals surface area contributed by atoms with Crippen LogP contribution in [-0.2, 0) is 54.5 Å². The molecule has 0 aliphatic carbocycles. The molecule has 4 unspecified atom stereocenters. The summed E-state index contributed by atoms with van der Waals surface area (Å²) in [5.41, 5.74) is -2.86. The van der Waals surface area contributed by atoms with Crippen molar-refractivity contribution >= 4 is 78.3 Å². The zero-order valence-corrected chi connectivity index (χ0v) is 35.3. The van der Waals surface area contributed by atoms with Crippen molar-refractivity contribution in [3.63, 3.8) is 0 Å². The van der Waals surface area contributed by atoms with Gasteiger partial charge in [-0.05, 0) is 60.7 Å². The molecule has 0 radical (unpaired) electrons. The molecule has 26 nitrogen and oxygen atoms in total. The van der Waals surface area contributed by atoms with Crippen molar-refractivity contribution < 1.29 is 103 Å². The lowest BCUT2D eigenvalue weighted by molar-refractivity contribution is 0.0637. The van der Waals surface area contributed by atoms with Gasteiger partial charge in [0.05, 0.1) is 56.1 Å². The quantitative estimate of drug-likeness (QED) is 0.0459. The Morgan fingerprint density at radius 3 is 0.919 bits per heavy atom. The summed E-state index contributed by atoms with van der Waals surface area (Å²) in [4.78, 5) is 105.